The average molecular weight is 311 g/mol. The number of carbonyl (C=O) groups excluding carboxylic acids is 1. The minimum Gasteiger partial charge on any atom is -0.494 e. The summed E-state index contributed by atoms with van der Waals surface area (Å²) in [7, 11) is 0. The maximum atomic E-state index is 12.0. The van der Waals surface area contributed by atoms with Crippen molar-refractivity contribution < 1.29 is 9.53 Å². The van der Waals surface area contributed by atoms with Crippen LogP contribution in [0.2, 0.25) is 0 Å². The number of guanidine groups is 1. The molecule has 0 bridgehead atoms. The van der Waals surface area contributed by atoms with Gasteiger partial charge in [0.25, 0.3) is 5.91 Å². The van der Waals surface area contributed by atoms with Crippen LogP contribution < -0.4 is 15.8 Å². The molecule has 3 N–H and O–H groups in total. The Morgan fingerprint density at radius 2 is 1.83 bits per heavy atom. The summed E-state index contributed by atoms with van der Waals surface area (Å²) < 4.78 is 5.34. The quantitative estimate of drug-likeness (QED) is 0.635. The van der Waals surface area contributed by atoms with E-state index in [1.54, 1.807) is 24.3 Å². The third kappa shape index (κ3) is 5.47. The largest absolute Gasteiger partial charge is 0.494 e. The molecule has 0 aromatic heterocycles. The molecule has 0 aliphatic rings. The third-order valence-electron chi connectivity index (χ3n) is 3.19. The molecule has 0 heterocycles. The number of hydrogen-bond donors (Lipinski definition) is 2. The Labute approximate surface area is 136 Å². The van der Waals surface area contributed by atoms with Gasteiger partial charge in [-0.25, -0.2) is 0 Å². The van der Waals surface area contributed by atoms with E-state index in [9.17, 15) is 4.79 Å². The lowest BCUT2D eigenvalue weighted by Gasteiger charge is -2.06. The highest BCUT2D eigenvalue weighted by Gasteiger charge is 2.06. The second-order valence-electron chi connectivity index (χ2n) is 4.91. The van der Waals surface area contributed by atoms with Gasteiger partial charge in [0.2, 0.25) is 0 Å². The van der Waals surface area contributed by atoms with Gasteiger partial charge in [-0.3, -0.25) is 15.1 Å². The number of aliphatic imine (C=N–C) groups is 1. The Bertz CT molecular complexity index is 652. The first-order valence-electron chi connectivity index (χ1n) is 7.57. The monoisotopic (exact) mass is 311 g/mol. The van der Waals surface area contributed by atoms with Crippen LogP contribution in [0.4, 0.5) is 0 Å². The number of amides is 1. The van der Waals surface area contributed by atoms with E-state index in [2.05, 4.69) is 10.3 Å². The van der Waals surface area contributed by atoms with Crippen LogP contribution in [-0.2, 0) is 6.42 Å². The molecule has 5 nitrogen and oxygen atoms in total. The smallest absolute Gasteiger partial charge is 0.257 e. The van der Waals surface area contributed by atoms with Crippen LogP contribution in [0.5, 0.6) is 5.75 Å². The van der Waals surface area contributed by atoms with Crippen LogP contribution >= 0.6 is 0 Å². The van der Waals surface area contributed by atoms with Crippen LogP contribution in [0.25, 0.3) is 0 Å². The summed E-state index contributed by atoms with van der Waals surface area (Å²) in [4.78, 5) is 16.2. The lowest BCUT2D eigenvalue weighted by atomic mass is 10.2. The van der Waals surface area contributed by atoms with Crippen molar-refractivity contribution in [3.63, 3.8) is 0 Å². The molecular weight excluding hydrogens is 290 g/mol. The van der Waals surface area contributed by atoms with E-state index in [-0.39, 0.29) is 11.9 Å². The molecule has 0 saturated carbocycles. The first-order valence-corrected chi connectivity index (χ1v) is 7.57. The van der Waals surface area contributed by atoms with Crippen molar-refractivity contribution in [3.8, 4) is 5.75 Å². The summed E-state index contributed by atoms with van der Waals surface area (Å²) in [6.45, 7) is 3.03. The molecular formula is C18H21N3O2. The molecule has 0 fully saturated rings. The molecule has 0 aliphatic carbocycles. The molecule has 0 spiro atoms. The molecule has 1 amide bonds. The molecule has 2 rings (SSSR count). The number of carbonyl (C=O) groups is 1. The van der Waals surface area contributed by atoms with Gasteiger partial charge in [0.05, 0.1) is 6.61 Å². The number of nitrogens with two attached hydrogens (primary N) is 1. The summed E-state index contributed by atoms with van der Waals surface area (Å²) >= 11 is 0. The molecule has 2 aromatic carbocycles. The van der Waals surface area contributed by atoms with Crippen LogP contribution in [0, 0.1) is 0 Å². The Kier molecular flexibility index (Phi) is 6.17. The van der Waals surface area contributed by atoms with E-state index >= 15 is 0 Å². The van der Waals surface area contributed by atoms with E-state index in [0.29, 0.717) is 18.7 Å². The van der Waals surface area contributed by atoms with Gasteiger partial charge in [0.1, 0.15) is 5.75 Å². The van der Waals surface area contributed by atoms with Crippen molar-refractivity contribution in [1.82, 2.24) is 5.32 Å². The Morgan fingerprint density at radius 1 is 1.13 bits per heavy atom. The topological polar surface area (TPSA) is 76.7 Å². The number of rotatable bonds is 6. The molecule has 0 saturated heterocycles. The van der Waals surface area contributed by atoms with Gasteiger partial charge in [-0.15, -0.1) is 0 Å². The summed E-state index contributed by atoms with van der Waals surface area (Å²) in [6.07, 6.45) is 0.778. The highest BCUT2D eigenvalue weighted by Crippen LogP contribution is 2.11. The zero-order valence-electron chi connectivity index (χ0n) is 13.2. The third-order valence-corrected chi connectivity index (χ3v) is 3.19. The Morgan fingerprint density at radius 3 is 2.48 bits per heavy atom. The van der Waals surface area contributed by atoms with Gasteiger partial charge in [-0.1, -0.05) is 30.3 Å². The van der Waals surface area contributed by atoms with Crippen LogP contribution in [0.15, 0.2) is 59.6 Å². The normalized spacial score (nSPS) is 11.1. The first kappa shape index (κ1) is 16.5. The van der Waals surface area contributed by atoms with Crippen molar-refractivity contribution in [3.05, 3.63) is 65.7 Å². The van der Waals surface area contributed by atoms with Gasteiger partial charge in [0, 0.05) is 12.1 Å². The summed E-state index contributed by atoms with van der Waals surface area (Å²) in [5.74, 6) is 0.572. The van der Waals surface area contributed by atoms with Crippen LogP contribution in [0.3, 0.4) is 0 Å². The summed E-state index contributed by atoms with van der Waals surface area (Å²) in [5, 5.41) is 2.58. The number of hydrogen-bond acceptors (Lipinski definition) is 3. The molecule has 2 aromatic rings. The van der Waals surface area contributed by atoms with Crippen molar-refractivity contribution >= 4 is 11.9 Å². The second kappa shape index (κ2) is 8.58. The van der Waals surface area contributed by atoms with E-state index in [1.165, 1.54) is 5.56 Å². The van der Waals surface area contributed by atoms with Gasteiger partial charge in [-0.05, 0) is 43.2 Å². The minimum absolute atomic E-state index is 0.125. The van der Waals surface area contributed by atoms with E-state index in [0.717, 1.165) is 12.2 Å². The second-order valence-corrected chi connectivity index (χ2v) is 4.91. The fourth-order valence-corrected chi connectivity index (χ4v) is 2.05. The van der Waals surface area contributed by atoms with Gasteiger partial charge < -0.3 is 10.5 Å². The predicted octanol–water partition coefficient (Wildman–Crippen LogP) is 2.37. The molecule has 0 unspecified atom stereocenters. The molecule has 23 heavy (non-hydrogen) atoms. The fraction of sp³-hybridized carbons (Fsp3) is 0.222. The molecule has 0 radical (unpaired) electrons. The summed E-state index contributed by atoms with van der Waals surface area (Å²) in [5.41, 5.74) is 7.44. The molecule has 0 aliphatic heterocycles. The first-order chi connectivity index (χ1) is 11.2. The number of benzene rings is 2. The van der Waals surface area contributed by atoms with Crippen molar-refractivity contribution in [2.45, 2.75) is 13.3 Å². The SMILES string of the molecule is CCOc1ccc(C(=O)NC(N)=NCCc2ccccc2)cc1. The molecule has 5 heteroatoms. The fourth-order valence-electron chi connectivity index (χ4n) is 2.05. The zero-order chi connectivity index (χ0) is 16.5. The van der Waals surface area contributed by atoms with Crippen molar-refractivity contribution in [1.29, 1.82) is 0 Å². The average Bonchev–Trinajstić information content (AvgIpc) is 2.57. The highest BCUT2D eigenvalue weighted by atomic mass is 16.5. The zero-order valence-corrected chi connectivity index (χ0v) is 13.2. The Balaban J connectivity index is 1.84. The number of nitrogens with one attached hydrogen (secondary N) is 1. The predicted molar refractivity (Wildman–Crippen MR) is 91.7 cm³/mol. The molecule has 120 valence electrons. The van der Waals surface area contributed by atoms with E-state index in [1.807, 2.05) is 37.3 Å². The van der Waals surface area contributed by atoms with Crippen molar-refractivity contribution in [2.75, 3.05) is 13.2 Å². The maximum absolute atomic E-state index is 12.0. The van der Waals surface area contributed by atoms with Gasteiger partial charge >= 0.3 is 0 Å². The standard InChI is InChI=1S/C18H21N3O2/c1-2-23-16-10-8-15(9-11-16)17(22)21-18(19)20-13-12-14-6-4-3-5-7-14/h3-11H,2,12-13H2,1H3,(H3,19,20,21,22). The number of nitrogens with zero attached hydrogens (tertiary/aromatic N) is 1. The molecule has 0 atom stereocenters. The van der Waals surface area contributed by atoms with Crippen molar-refractivity contribution in [2.24, 2.45) is 10.7 Å². The van der Waals surface area contributed by atoms with E-state index in [4.69, 9.17) is 10.5 Å². The minimum atomic E-state index is -0.283. The lowest BCUT2D eigenvalue weighted by Crippen LogP contribution is -2.37. The Hall–Kier alpha value is -2.82. The van der Waals surface area contributed by atoms with Crippen LogP contribution in [0.1, 0.15) is 22.8 Å². The number of ether oxygens (including phenoxy) is 1. The van der Waals surface area contributed by atoms with Crippen LogP contribution in [-0.4, -0.2) is 25.0 Å². The van der Waals surface area contributed by atoms with Gasteiger partial charge in [-0.2, -0.15) is 0 Å². The van der Waals surface area contributed by atoms with E-state index < -0.39 is 0 Å². The lowest BCUT2D eigenvalue weighted by molar-refractivity contribution is 0.0976. The highest BCUT2D eigenvalue weighted by molar-refractivity contribution is 6.05. The maximum Gasteiger partial charge on any atom is 0.257 e. The van der Waals surface area contributed by atoms with Gasteiger partial charge in [0.15, 0.2) is 5.96 Å². The summed E-state index contributed by atoms with van der Waals surface area (Å²) in [6, 6.07) is 16.9.